The highest BCUT2D eigenvalue weighted by Crippen LogP contribution is 2.34. The molecule has 3 aromatic rings. The fourth-order valence-electron chi connectivity index (χ4n) is 2.64. The number of halogens is 1. The SMILES string of the molecule is COc1ccc2nc3cc(Cl)ccc3c(NCCN(C)OC)c2c1. The maximum atomic E-state index is 6.13. The van der Waals surface area contributed by atoms with E-state index < -0.39 is 0 Å². The normalized spacial score (nSPS) is 11.4. The number of anilines is 1. The summed E-state index contributed by atoms with van der Waals surface area (Å²) in [6, 6.07) is 11.6. The van der Waals surface area contributed by atoms with Gasteiger partial charge in [-0.15, -0.1) is 0 Å². The van der Waals surface area contributed by atoms with Gasteiger partial charge in [0.1, 0.15) is 5.75 Å². The van der Waals surface area contributed by atoms with Gasteiger partial charge in [-0.1, -0.05) is 11.6 Å². The van der Waals surface area contributed by atoms with Crippen LogP contribution < -0.4 is 10.1 Å². The molecule has 0 fully saturated rings. The molecule has 126 valence electrons. The van der Waals surface area contributed by atoms with Crippen molar-refractivity contribution in [2.24, 2.45) is 0 Å². The van der Waals surface area contributed by atoms with Crippen molar-refractivity contribution in [2.75, 3.05) is 39.7 Å². The molecule has 0 aliphatic rings. The maximum absolute atomic E-state index is 6.13. The molecule has 1 heterocycles. The monoisotopic (exact) mass is 345 g/mol. The summed E-state index contributed by atoms with van der Waals surface area (Å²) in [4.78, 5) is 9.88. The molecule has 2 aromatic carbocycles. The molecule has 0 radical (unpaired) electrons. The summed E-state index contributed by atoms with van der Waals surface area (Å²) in [5.74, 6) is 0.801. The molecule has 0 spiro atoms. The first-order valence-electron chi connectivity index (χ1n) is 7.68. The van der Waals surface area contributed by atoms with E-state index in [1.807, 2.05) is 43.4 Å². The Bertz CT molecular complexity index is 870. The van der Waals surface area contributed by atoms with Crippen LogP contribution in [-0.2, 0) is 4.84 Å². The highest BCUT2D eigenvalue weighted by atomic mass is 35.5. The molecule has 0 atom stereocenters. The van der Waals surface area contributed by atoms with E-state index in [-0.39, 0.29) is 0 Å². The summed E-state index contributed by atoms with van der Waals surface area (Å²) in [5.41, 5.74) is 2.78. The Morgan fingerprint density at radius 2 is 1.92 bits per heavy atom. The molecule has 1 N–H and O–H groups in total. The van der Waals surface area contributed by atoms with Crippen molar-refractivity contribution in [1.29, 1.82) is 0 Å². The summed E-state index contributed by atoms with van der Waals surface area (Å²) in [6.07, 6.45) is 0. The summed E-state index contributed by atoms with van der Waals surface area (Å²) in [7, 11) is 5.22. The van der Waals surface area contributed by atoms with Crippen LogP contribution in [0.3, 0.4) is 0 Å². The van der Waals surface area contributed by atoms with Crippen LogP contribution in [0.1, 0.15) is 0 Å². The Morgan fingerprint density at radius 3 is 2.67 bits per heavy atom. The highest BCUT2D eigenvalue weighted by Gasteiger charge is 2.11. The first kappa shape index (κ1) is 16.8. The number of pyridine rings is 1. The largest absolute Gasteiger partial charge is 0.497 e. The van der Waals surface area contributed by atoms with Crippen molar-refractivity contribution in [3.05, 3.63) is 41.4 Å². The van der Waals surface area contributed by atoms with Crippen molar-refractivity contribution in [1.82, 2.24) is 10.0 Å². The topological polar surface area (TPSA) is 46.6 Å². The van der Waals surface area contributed by atoms with Crippen molar-refractivity contribution in [2.45, 2.75) is 0 Å². The summed E-state index contributed by atoms with van der Waals surface area (Å²) in [6.45, 7) is 1.48. The third-order valence-electron chi connectivity index (χ3n) is 3.98. The van der Waals surface area contributed by atoms with E-state index in [4.69, 9.17) is 26.2 Å². The third kappa shape index (κ3) is 3.38. The van der Waals surface area contributed by atoms with Gasteiger partial charge in [0, 0.05) is 35.9 Å². The smallest absolute Gasteiger partial charge is 0.119 e. The maximum Gasteiger partial charge on any atom is 0.119 e. The number of fused-ring (bicyclic) bond motifs is 2. The second-order valence-electron chi connectivity index (χ2n) is 5.49. The lowest BCUT2D eigenvalue weighted by Crippen LogP contribution is -2.24. The van der Waals surface area contributed by atoms with Crippen LogP contribution >= 0.6 is 11.6 Å². The van der Waals surface area contributed by atoms with Crippen molar-refractivity contribution >= 4 is 39.1 Å². The van der Waals surface area contributed by atoms with Gasteiger partial charge in [-0.2, -0.15) is 5.06 Å². The number of aromatic nitrogens is 1. The van der Waals surface area contributed by atoms with E-state index >= 15 is 0 Å². The number of likely N-dealkylation sites (N-methyl/N-ethyl adjacent to an activating group) is 1. The number of hydrogen-bond acceptors (Lipinski definition) is 5. The zero-order chi connectivity index (χ0) is 17.1. The highest BCUT2D eigenvalue weighted by molar-refractivity contribution is 6.31. The molecule has 5 nitrogen and oxygen atoms in total. The van der Waals surface area contributed by atoms with Crippen molar-refractivity contribution in [3.63, 3.8) is 0 Å². The number of hydrogen-bond donors (Lipinski definition) is 1. The van der Waals surface area contributed by atoms with E-state index in [0.29, 0.717) is 5.02 Å². The van der Waals surface area contributed by atoms with E-state index in [9.17, 15) is 0 Å². The van der Waals surface area contributed by atoms with Crippen LogP contribution in [0, 0.1) is 0 Å². The fraction of sp³-hybridized carbons (Fsp3) is 0.278. The van der Waals surface area contributed by atoms with Crippen molar-refractivity contribution < 1.29 is 9.57 Å². The van der Waals surface area contributed by atoms with Gasteiger partial charge in [0.15, 0.2) is 0 Å². The molecule has 24 heavy (non-hydrogen) atoms. The first-order valence-corrected chi connectivity index (χ1v) is 8.06. The van der Waals surface area contributed by atoms with Gasteiger partial charge in [0.25, 0.3) is 0 Å². The van der Waals surface area contributed by atoms with Gasteiger partial charge in [0.2, 0.25) is 0 Å². The number of nitrogens with one attached hydrogen (secondary N) is 1. The fourth-order valence-corrected chi connectivity index (χ4v) is 2.81. The second-order valence-corrected chi connectivity index (χ2v) is 5.93. The summed E-state index contributed by atoms with van der Waals surface area (Å²) < 4.78 is 5.36. The van der Waals surface area contributed by atoms with Crippen LogP contribution in [0.15, 0.2) is 36.4 Å². The third-order valence-corrected chi connectivity index (χ3v) is 4.22. The van der Waals surface area contributed by atoms with E-state index in [2.05, 4.69) is 5.32 Å². The summed E-state index contributed by atoms with van der Waals surface area (Å²) >= 11 is 6.13. The zero-order valence-corrected chi connectivity index (χ0v) is 14.7. The number of rotatable bonds is 6. The molecule has 1 aromatic heterocycles. The Kier molecular flexibility index (Phi) is 5.04. The lowest BCUT2D eigenvalue weighted by atomic mass is 10.1. The Labute approximate surface area is 146 Å². The van der Waals surface area contributed by atoms with Crippen LogP contribution in [0.5, 0.6) is 5.75 Å². The molecule has 0 saturated heterocycles. The minimum atomic E-state index is 0.674. The van der Waals surface area contributed by atoms with Crippen LogP contribution in [0.2, 0.25) is 5.02 Å². The van der Waals surface area contributed by atoms with E-state index in [1.54, 1.807) is 19.3 Å². The average Bonchev–Trinajstić information content (AvgIpc) is 2.60. The predicted octanol–water partition coefficient (Wildman–Crippen LogP) is 3.96. The van der Waals surface area contributed by atoms with Crippen LogP contribution in [0.4, 0.5) is 5.69 Å². The zero-order valence-electron chi connectivity index (χ0n) is 14.0. The number of methoxy groups -OCH3 is 1. The first-order chi connectivity index (χ1) is 11.6. The van der Waals surface area contributed by atoms with Gasteiger partial charge in [-0.05, 0) is 36.4 Å². The molecule has 0 amide bonds. The Hall–Kier alpha value is -2.08. The van der Waals surface area contributed by atoms with Crippen LogP contribution in [-0.4, -0.2) is 44.4 Å². The van der Waals surface area contributed by atoms with E-state index in [1.165, 1.54) is 0 Å². The minimum Gasteiger partial charge on any atom is -0.497 e. The second kappa shape index (κ2) is 7.21. The van der Waals surface area contributed by atoms with Gasteiger partial charge in [0.05, 0.1) is 30.9 Å². The molecular weight excluding hydrogens is 326 g/mol. The molecule has 0 saturated carbocycles. The van der Waals surface area contributed by atoms with Gasteiger partial charge in [-0.25, -0.2) is 4.98 Å². The molecule has 0 unspecified atom stereocenters. The van der Waals surface area contributed by atoms with Crippen LogP contribution in [0.25, 0.3) is 21.8 Å². The molecule has 0 aliphatic heterocycles. The Morgan fingerprint density at radius 1 is 1.08 bits per heavy atom. The lowest BCUT2D eigenvalue weighted by Gasteiger charge is -2.17. The quantitative estimate of drug-likeness (QED) is 0.541. The molecular formula is C18H20ClN3O2. The van der Waals surface area contributed by atoms with E-state index in [0.717, 1.165) is 46.3 Å². The lowest BCUT2D eigenvalue weighted by molar-refractivity contribution is -0.105. The number of benzene rings is 2. The minimum absolute atomic E-state index is 0.674. The van der Waals surface area contributed by atoms with Gasteiger partial charge < -0.3 is 14.9 Å². The standard InChI is InChI=1S/C18H20ClN3O2/c1-22(24-3)9-8-20-18-14-6-4-12(19)10-17(14)21-16-7-5-13(23-2)11-15(16)18/h4-7,10-11H,8-9H2,1-3H3,(H,20,21). The van der Waals surface area contributed by atoms with Gasteiger partial charge >= 0.3 is 0 Å². The number of nitrogens with zero attached hydrogens (tertiary/aromatic N) is 2. The van der Waals surface area contributed by atoms with Gasteiger partial charge in [-0.3, -0.25) is 0 Å². The summed E-state index contributed by atoms with van der Waals surface area (Å²) in [5, 5.41) is 8.00. The van der Waals surface area contributed by atoms with Crippen molar-refractivity contribution in [3.8, 4) is 5.75 Å². The number of hydroxylamine groups is 2. The average molecular weight is 346 g/mol. The molecule has 0 aliphatic carbocycles. The Balaban J connectivity index is 2.11. The molecule has 3 rings (SSSR count). The predicted molar refractivity (Wildman–Crippen MR) is 98.9 cm³/mol. The molecule has 6 heteroatoms. The molecule has 0 bridgehead atoms. The number of ether oxygens (including phenoxy) is 1.